The molecule has 1 amide bonds. The smallest absolute Gasteiger partial charge is 0.0478 e. The molecule has 6 heavy (non-hydrogen) atoms. The van der Waals surface area contributed by atoms with Gasteiger partial charge in [0.05, 0.1) is 0 Å². The number of nitrogens with zero attached hydrogens (tertiary/aromatic N) is 1. The fraction of sp³-hybridized carbons (Fsp3) is 0.667. The largest absolute Gasteiger partial charge is 0.656 e. The minimum absolute atomic E-state index is 0. The summed E-state index contributed by atoms with van der Waals surface area (Å²) >= 11 is 0. The monoisotopic (exact) mass is 259 g/mol. The van der Waals surface area contributed by atoms with E-state index >= 15 is 0 Å². The molecule has 0 unspecified atom stereocenters. The topological polar surface area (TPSA) is 31.2 Å². The molecule has 0 saturated carbocycles. The first-order valence-electron chi connectivity index (χ1n) is 1.37. The zero-order chi connectivity index (χ0) is 4.28. The van der Waals surface area contributed by atoms with Crippen molar-refractivity contribution in [3.63, 3.8) is 0 Å². The van der Waals surface area contributed by atoms with Gasteiger partial charge in [-0.3, -0.25) is 0 Å². The van der Waals surface area contributed by atoms with E-state index in [2.05, 4.69) is 5.32 Å². The van der Waals surface area contributed by atoms with E-state index in [-0.39, 0.29) is 26.3 Å². The molecule has 0 bridgehead atoms. The van der Waals surface area contributed by atoms with Crippen LogP contribution in [0.15, 0.2) is 0 Å². The van der Waals surface area contributed by atoms with E-state index in [0.29, 0.717) is 0 Å². The van der Waals surface area contributed by atoms with Crippen LogP contribution >= 0.6 is 0 Å². The van der Waals surface area contributed by atoms with Crippen molar-refractivity contribution in [3.05, 3.63) is 5.32 Å². The van der Waals surface area contributed by atoms with E-state index in [1.165, 1.54) is 14.0 Å². The zero-order valence-electron chi connectivity index (χ0n) is 3.73. The number of rotatable bonds is 0. The zero-order valence-corrected chi connectivity index (χ0v) is 6.45. The SMILES string of the molecule is C[N-]C(C)=O.[Re]. The van der Waals surface area contributed by atoms with Crippen LogP contribution in [0.5, 0.6) is 0 Å². The van der Waals surface area contributed by atoms with Crippen LogP contribution in [0.2, 0.25) is 0 Å². The van der Waals surface area contributed by atoms with Gasteiger partial charge in [-0.05, 0) is 6.92 Å². The molecule has 0 aromatic heterocycles. The first-order valence-corrected chi connectivity index (χ1v) is 1.37. The molecule has 0 aliphatic heterocycles. The van der Waals surface area contributed by atoms with Gasteiger partial charge in [-0.2, -0.15) is 0 Å². The maximum Gasteiger partial charge on any atom is 0.0478 e. The van der Waals surface area contributed by atoms with E-state index in [9.17, 15) is 4.79 Å². The second-order valence-electron chi connectivity index (χ2n) is 0.743. The Morgan fingerprint density at radius 3 is 1.83 bits per heavy atom. The summed E-state index contributed by atoms with van der Waals surface area (Å²) < 4.78 is 0. The molecule has 2 nitrogen and oxygen atoms in total. The summed E-state index contributed by atoms with van der Waals surface area (Å²) in [5.74, 6) is -0.120. The van der Waals surface area contributed by atoms with Gasteiger partial charge in [-0.1, -0.05) is 0 Å². The summed E-state index contributed by atoms with van der Waals surface area (Å²) in [4.78, 5) is 9.65. The van der Waals surface area contributed by atoms with E-state index in [4.69, 9.17) is 0 Å². The fourth-order valence-electron chi connectivity index (χ4n) is 0. The first kappa shape index (κ1) is 9.46. The second kappa shape index (κ2) is 5.13. The van der Waals surface area contributed by atoms with E-state index in [0.717, 1.165) is 0 Å². The maximum absolute atomic E-state index is 9.65. The van der Waals surface area contributed by atoms with Gasteiger partial charge in [0.25, 0.3) is 0 Å². The van der Waals surface area contributed by atoms with Crippen LogP contribution in [-0.4, -0.2) is 13.0 Å². The summed E-state index contributed by atoms with van der Waals surface area (Å²) in [7, 11) is 1.47. The molecule has 0 rings (SSSR count). The average Bonchev–Trinajstić information content (AvgIpc) is 1.38. The molecule has 0 spiro atoms. The molecule has 0 N–H and O–H groups in total. The van der Waals surface area contributed by atoms with Crippen LogP contribution in [-0.2, 0) is 25.2 Å². The minimum atomic E-state index is -0.120. The van der Waals surface area contributed by atoms with Gasteiger partial charge < -0.3 is 10.1 Å². The van der Waals surface area contributed by atoms with Crippen LogP contribution in [0.3, 0.4) is 0 Å². The van der Waals surface area contributed by atoms with Crippen LogP contribution in [0, 0.1) is 0 Å². The van der Waals surface area contributed by atoms with Crippen molar-refractivity contribution in [1.29, 1.82) is 0 Å². The molecule has 0 aliphatic carbocycles. The van der Waals surface area contributed by atoms with Crippen molar-refractivity contribution >= 4 is 5.91 Å². The van der Waals surface area contributed by atoms with Gasteiger partial charge in [0.2, 0.25) is 0 Å². The molecular formula is C3H6NORe-. The maximum atomic E-state index is 9.65. The molecular weight excluding hydrogens is 252 g/mol. The summed E-state index contributed by atoms with van der Waals surface area (Å²) in [5.41, 5.74) is 0. The van der Waals surface area contributed by atoms with E-state index < -0.39 is 0 Å². The number of hydrogen-bond donors (Lipinski definition) is 0. The Bertz CT molecular complexity index is 46.1. The number of carbonyl (C=O) groups excluding carboxylic acids is 1. The minimum Gasteiger partial charge on any atom is -0.656 e. The molecule has 1 radical (unpaired) electrons. The third kappa shape index (κ3) is 8.92. The standard InChI is InChI=1S/C3H7NO.Re/c1-3(5)4-2;/h1-2H3,(H,4,5);/p-1. The van der Waals surface area contributed by atoms with Crippen molar-refractivity contribution in [1.82, 2.24) is 0 Å². The first-order chi connectivity index (χ1) is 2.27. The third-order valence-electron chi connectivity index (χ3n) is 0.315. The molecule has 0 aromatic carbocycles. The number of amides is 1. The summed E-state index contributed by atoms with van der Waals surface area (Å²) in [6.07, 6.45) is 0. The van der Waals surface area contributed by atoms with Gasteiger partial charge in [0.1, 0.15) is 0 Å². The molecule has 0 heterocycles. The molecule has 3 heteroatoms. The summed E-state index contributed by atoms with van der Waals surface area (Å²) in [6, 6.07) is 0. The molecule has 0 aromatic rings. The predicted molar refractivity (Wildman–Crippen MR) is 20.0 cm³/mol. The van der Waals surface area contributed by atoms with Crippen LogP contribution < -0.4 is 0 Å². The van der Waals surface area contributed by atoms with Gasteiger partial charge in [0, 0.05) is 26.3 Å². The Labute approximate surface area is 51.0 Å². The van der Waals surface area contributed by atoms with Crippen LogP contribution in [0.4, 0.5) is 0 Å². The number of hydrogen-bond acceptors (Lipinski definition) is 1. The van der Waals surface area contributed by atoms with Gasteiger partial charge in [0.15, 0.2) is 0 Å². The van der Waals surface area contributed by atoms with Gasteiger partial charge in [-0.15, -0.1) is 7.05 Å². The molecule has 0 saturated heterocycles. The predicted octanol–water partition coefficient (Wildman–Crippen LogP) is 0.534. The molecule has 0 fully saturated rings. The Hall–Kier alpha value is 0.132. The Balaban J connectivity index is 0. The number of carbonyl (C=O) groups is 1. The van der Waals surface area contributed by atoms with Gasteiger partial charge >= 0.3 is 0 Å². The van der Waals surface area contributed by atoms with Crippen LogP contribution in [0.1, 0.15) is 6.92 Å². The van der Waals surface area contributed by atoms with Crippen molar-refractivity contribution < 1.29 is 25.2 Å². The third-order valence-corrected chi connectivity index (χ3v) is 0.315. The van der Waals surface area contributed by atoms with Crippen molar-refractivity contribution in [2.24, 2.45) is 0 Å². The second-order valence-corrected chi connectivity index (χ2v) is 0.743. The quantitative estimate of drug-likeness (QED) is 0.624. The summed E-state index contributed by atoms with van der Waals surface area (Å²) in [6.45, 7) is 1.42. The van der Waals surface area contributed by atoms with Crippen molar-refractivity contribution in [3.8, 4) is 0 Å². The fourth-order valence-corrected chi connectivity index (χ4v) is 0. The average molecular weight is 258 g/mol. The Kier molecular flexibility index (Phi) is 8.09. The van der Waals surface area contributed by atoms with Gasteiger partial charge in [-0.25, -0.2) is 0 Å². The van der Waals surface area contributed by atoms with E-state index in [1.54, 1.807) is 0 Å². The molecule has 0 atom stereocenters. The van der Waals surface area contributed by atoms with Crippen molar-refractivity contribution in [2.45, 2.75) is 6.92 Å². The molecule has 0 aliphatic rings. The van der Waals surface area contributed by atoms with Crippen molar-refractivity contribution in [2.75, 3.05) is 7.05 Å². The summed E-state index contributed by atoms with van der Waals surface area (Å²) in [5, 5.41) is 3.25. The normalized spacial score (nSPS) is 5.67. The molecule has 37 valence electrons. The Morgan fingerprint density at radius 2 is 1.83 bits per heavy atom. The Morgan fingerprint density at radius 1 is 1.67 bits per heavy atom. The van der Waals surface area contributed by atoms with E-state index in [1.807, 2.05) is 0 Å². The van der Waals surface area contributed by atoms with Crippen LogP contribution in [0.25, 0.3) is 5.32 Å².